The molecule has 0 bridgehead atoms. The van der Waals surface area contributed by atoms with Crippen LogP contribution in [0, 0.1) is 28.6 Å². The fraction of sp³-hybridized carbons (Fsp3) is 0.867. The number of ether oxygens (including phenoxy) is 1. The van der Waals surface area contributed by atoms with Gasteiger partial charge in [-0.25, -0.2) is 4.79 Å². The summed E-state index contributed by atoms with van der Waals surface area (Å²) in [6.45, 7) is 6.60. The highest BCUT2D eigenvalue weighted by atomic mass is 16.5. The molecule has 6 rings (SSSR count). The summed E-state index contributed by atoms with van der Waals surface area (Å²) in [6.07, 6.45) is 13.7. The molecule has 0 aromatic rings. The number of fused-ring (bicyclic) bond motifs is 5. The largest absolute Gasteiger partial charge is 0.458 e. The first-order valence-electron chi connectivity index (χ1n) is 14.9. The maximum Gasteiger partial charge on any atom is 0.331 e. The standard InChI is InChI=1S/C30H46N2O5/c1-27-9-6-24-25(30(27,36)12-8-23(27)21-17-26(34)37-19-21)7-11-29(35)18-22(33)5-10-28(24,29)20-31-13-16-32-14-3-2-4-15-32/h17,20,22-25,33,35-36H,2-16,18-19H2,1H3/t22?,23?,24-,25?,27?,28?,29?,30?/m0/s1. The minimum absolute atomic E-state index is 0.0823. The van der Waals surface area contributed by atoms with Crippen LogP contribution in [0.15, 0.2) is 16.6 Å². The van der Waals surface area contributed by atoms with Crippen molar-refractivity contribution in [3.63, 3.8) is 0 Å². The first kappa shape index (κ1) is 26.0. The van der Waals surface area contributed by atoms with Crippen molar-refractivity contribution in [2.24, 2.45) is 33.6 Å². The molecule has 37 heavy (non-hydrogen) atoms. The van der Waals surface area contributed by atoms with Crippen molar-refractivity contribution in [2.75, 3.05) is 32.8 Å². The van der Waals surface area contributed by atoms with Crippen LogP contribution in [-0.4, -0.2) is 82.5 Å². The lowest BCUT2D eigenvalue weighted by atomic mass is 9.41. The summed E-state index contributed by atoms with van der Waals surface area (Å²) in [4.78, 5) is 19.3. The van der Waals surface area contributed by atoms with Gasteiger partial charge in [-0.15, -0.1) is 0 Å². The molecule has 4 saturated carbocycles. The van der Waals surface area contributed by atoms with Crippen LogP contribution in [0.1, 0.15) is 84.0 Å². The molecule has 6 aliphatic rings. The van der Waals surface area contributed by atoms with E-state index in [0.29, 0.717) is 25.9 Å². The van der Waals surface area contributed by atoms with E-state index in [2.05, 4.69) is 18.0 Å². The van der Waals surface area contributed by atoms with Gasteiger partial charge in [-0.3, -0.25) is 4.99 Å². The number of likely N-dealkylation sites (tertiary alicyclic amines) is 1. The Balaban J connectivity index is 1.28. The van der Waals surface area contributed by atoms with E-state index >= 15 is 0 Å². The van der Waals surface area contributed by atoms with E-state index in [1.165, 1.54) is 19.3 Å². The number of aliphatic hydroxyl groups is 3. The van der Waals surface area contributed by atoms with Crippen LogP contribution in [-0.2, 0) is 9.53 Å². The molecule has 206 valence electrons. The lowest BCUT2D eigenvalue weighted by Gasteiger charge is -2.65. The van der Waals surface area contributed by atoms with Gasteiger partial charge in [0.1, 0.15) is 6.61 Å². The van der Waals surface area contributed by atoms with Gasteiger partial charge >= 0.3 is 5.97 Å². The summed E-state index contributed by atoms with van der Waals surface area (Å²) >= 11 is 0. The number of hydrogen-bond acceptors (Lipinski definition) is 7. The van der Waals surface area contributed by atoms with Gasteiger partial charge in [0.15, 0.2) is 0 Å². The predicted molar refractivity (Wildman–Crippen MR) is 141 cm³/mol. The number of nitrogens with zero attached hydrogens (tertiary/aromatic N) is 2. The molecule has 7 heteroatoms. The second kappa shape index (κ2) is 9.42. The third kappa shape index (κ3) is 3.97. The molecule has 7 nitrogen and oxygen atoms in total. The number of carbonyl (C=O) groups excluding carboxylic acids is 1. The fourth-order valence-corrected chi connectivity index (χ4v) is 9.97. The summed E-state index contributed by atoms with van der Waals surface area (Å²) < 4.78 is 5.26. The van der Waals surface area contributed by atoms with Crippen LogP contribution in [0.4, 0.5) is 0 Å². The van der Waals surface area contributed by atoms with Crippen LogP contribution in [0.3, 0.4) is 0 Å². The van der Waals surface area contributed by atoms with Gasteiger partial charge < -0.3 is 25.0 Å². The second-order valence-corrected chi connectivity index (χ2v) is 13.5. The smallest absolute Gasteiger partial charge is 0.331 e. The third-order valence-corrected chi connectivity index (χ3v) is 12.0. The van der Waals surface area contributed by atoms with Gasteiger partial charge in [0.25, 0.3) is 0 Å². The Kier molecular flexibility index (Phi) is 6.62. The molecule has 7 unspecified atom stereocenters. The summed E-state index contributed by atoms with van der Waals surface area (Å²) in [7, 11) is 0. The quantitative estimate of drug-likeness (QED) is 0.385. The van der Waals surface area contributed by atoms with Crippen LogP contribution in [0.5, 0.6) is 0 Å². The third-order valence-electron chi connectivity index (χ3n) is 12.0. The van der Waals surface area contributed by atoms with Crippen molar-refractivity contribution >= 4 is 12.2 Å². The Morgan fingerprint density at radius 2 is 1.84 bits per heavy atom. The first-order chi connectivity index (χ1) is 17.7. The number of aliphatic hydroxyl groups excluding tert-OH is 1. The van der Waals surface area contributed by atoms with Gasteiger partial charge in [0, 0.05) is 36.1 Å². The van der Waals surface area contributed by atoms with E-state index in [1.807, 2.05) is 0 Å². The zero-order chi connectivity index (χ0) is 25.9. The zero-order valence-electron chi connectivity index (χ0n) is 22.5. The Morgan fingerprint density at radius 1 is 1.05 bits per heavy atom. The Bertz CT molecular complexity index is 962. The Morgan fingerprint density at radius 3 is 2.59 bits per heavy atom. The molecule has 0 radical (unpaired) electrons. The molecule has 4 aliphatic carbocycles. The lowest BCUT2D eigenvalue weighted by molar-refractivity contribution is -0.237. The first-order valence-corrected chi connectivity index (χ1v) is 14.9. The number of cyclic esters (lactones) is 1. The van der Waals surface area contributed by atoms with Crippen LogP contribution >= 0.6 is 0 Å². The minimum Gasteiger partial charge on any atom is -0.458 e. The van der Waals surface area contributed by atoms with Gasteiger partial charge in [-0.1, -0.05) is 13.3 Å². The van der Waals surface area contributed by atoms with Gasteiger partial charge in [-0.2, -0.15) is 0 Å². The van der Waals surface area contributed by atoms with E-state index in [0.717, 1.165) is 70.3 Å². The normalized spacial score (nSPS) is 48.3. The lowest BCUT2D eigenvalue weighted by Crippen LogP contribution is -2.68. The fourth-order valence-electron chi connectivity index (χ4n) is 9.97. The molecular formula is C30H46N2O5. The Hall–Kier alpha value is -1.28. The topological polar surface area (TPSA) is 103 Å². The number of aliphatic imine (C=N–C) groups is 1. The highest BCUT2D eigenvalue weighted by Gasteiger charge is 2.71. The molecular weight excluding hydrogens is 468 g/mol. The summed E-state index contributed by atoms with van der Waals surface area (Å²) in [5, 5.41) is 35.2. The van der Waals surface area contributed by atoms with Crippen molar-refractivity contribution in [1.29, 1.82) is 0 Å². The monoisotopic (exact) mass is 514 g/mol. The number of hydrogen-bond donors (Lipinski definition) is 3. The molecule has 0 amide bonds. The molecule has 0 aromatic heterocycles. The Labute approximate surface area is 221 Å². The molecule has 1 saturated heterocycles. The highest BCUT2D eigenvalue weighted by Crippen LogP contribution is 2.70. The maximum absolute atomic E-state index is 12.5. The van der Waals surface area contributed by atoms with E-state index in [4.69, 9.17) is 9.73 Å². The van der Waals surface area contributed by atoms with Gasteiger partial charge in [0.2, 0.25) is 0 Å². The van der Waals surface area contributed by atoms with Gasteiger partial charge in [-0.05, 0) is 101 Å². The van der Waals surface area contributed by atoms with Crippen LogP contribution in [0.2, 0.25) is 0 Å². The predicted octanol–water partition coefficient (Wildman–Crippen LogP) is 3.26. The van der Waals surface area contributed by atoms with E-state index < -0.39 is 22.7 Å². The summed E-state index contributed by atoms with van der Waals surface area (Å²) in [5.41, 5.74) is -1.57. The SMILES string of the molecule is CC12CC[C@H]3C(CCC4(O)CC(O)CCC34C=NCCN3CCCCC3)C1(O)CCC2C1=CC(=O)OC1. The maximum atomic E-state index is 12.5. The molecule has 2 aliphatic heterocycles. The molecule has 0 spiro atoms. The number of carbonyl (C=O) groups is 1. The number of esters is 1. The minimum atomic E-state index is -0.975. The average molecular weight is 515 g/mol. The zero-order valence-corrected chi connectivity index (χ0v) is 22.5. The summed E-state index contributed by atoms with van der Waals surface area (Å²) in [6, 6.07) is 0. The number of rotatable bonds is 5. The van der Waals surface area contributed by atoms with Crippen molar-refractivity contribution in [1.82, 2.24) is 4.90 Å². The molecule has 5 fully saturated rings. The second-order valence-electron chi connectivity index (χ2n) is 13.5. The van der Waals surface area contributed by atoms with Crippen LogP contribution in [0.25, 0.3) is 0 Å². The van der Waals surface area contributed by atoms with Gasteiger partial charge in [0.05, 0.1) is 23.9 Å². The van der Waals surface area contributed by atoms with Crippen molar-refractivity contribution in [2.45, 2.75) is 101 Å². The van der Waals surface area contributed by atoms with Crippen LogP contribution < -0.4 is 0 Å². The molecule has 8 atom stereocenters. The van der Waals surface area contributed by atoms with Crippen molar-refractivity contribution < 1.29 is 24.9 Å². The van der Waals surface area contributed by atoms with Crippen molar-refractivity contribution in [3.05, 3.63) is 11.6 Å². The highest BCUT2D eigenvalue weighted by molar-refractivity contribution is 5.85. The molecule has 3 N–H and O–H groups in total. The van der Waals surface area contributed by atoms with E-state index in [1.54, 1.807) is 6.08 Å². The number of piperidine rings is 1. The van der Waals surface area contributed by atoms with E-state index in [-0.39, 0.29) is 29.1 Å². The van der Waals surface area contributed by atoms with Crippen molar-refractivity contribution in [3.8, 4) is 0 Å². The average Bonchev–Trinajstić information content (AvgIpc) is 3.42. The molecule has 0 aromatic carbocycles. The van der Waals surface area contributed by atoms with E-state index in [9.17, 15) is 20.1 Å². The molecule has 2 heterocycles. The summed E-state index contributed by atoms with van der Waals surface area (Å²) in [5.74, 6) is 0.127.